The molecule has 3 aliphatic rings. The first-order valence-corrected chi connectivity index (χ1v) is 14.6. The first-order valence-electron chi connectivity index (χ1n) is 11.2. The van der Waals surface area contributed by atoms with Crippen LogP contribution >= 0.6 is 0 Å². The normalized spacial score (nSPS) is 19.9. The third-order valence-corrected chi connectivity index (χ3v) is 10.2. The minimum Gasteiger partial charge on any atom is -0.299 e. The topological polar surface area (TPSA) is 110 Å². The molecule has 0 amide bonds. The molecule has 1 saturated heterocycles. The van der Waals surface area contributed by atoms with Gasteiger partial charge in [-0.05, 0) is 55.0 Å². The van der Waals surface area contributed by atoms with Gasteiger partial charge in [0.25, 0.3) is 0 Å². The zero-order chi connectivity index (χ0) is 23.2. The van der Waals surface area contributed by atoms with Crippen LogP contribution in [0.5, 0.6) is 0 Å². The lowest BCUT2D eigenvalue weighted by atomic mass is 9.97. The molecule has 1 aromatic heterocycles. The van der Waals surface area contributed by atoms with Crippen molar-refractivity contribution in [1.29, 1.82) is 0 Å². The van der Waals surface area contributed by atoms with E-state index in [1.54, 1.807) is 12.1 Å². The van der Waals surface area contributed by atoms with E-state index in [0.717, 1.165) is 47.3 Å². The number of rotatable bonds is 7. The van der Waals surface area contributed by atoms with Gasteiger partial charge in [0.15, 0.2) is 0 Å². The van der Waals surface area contributed by atoms with Gasteiger partial charge in [-0.15, -0.1) is 0 Å². The lowest BCUT2D eigenvalue weighted by molar-refractivity contribution is -0.119. The Bertz CT molecular complexity index is 1330. The highest BCUT2D eigenvalue weighted by molar-refractivity contribution is 7.94. The van der Waals surface area contributed by atoms with Crippen LogP contribution in [0.3, 0.4) is 0 Å². The molecule has 174 valence electrons. The quantitative estimate of drug-likeness (QED) is 0.644. The Hall–Kier alpha value is -2.52. The predicted octanol–water partition coefficient (Wildman–Crippen LogP) is 3.16. The number of Topliss-reactive ketones (excluding diaryl/α,β-unsaturated/α-hetero) is 1. The number of hydrogen-bond donors (Lipinski definition) is 1. The molecule has 2 aromatic rings. The molecular formula is C24H26N2O5S2. The number of nitrogens with one attached hydrogen (secondary N) is 1. The average molecular weight is 487 g/mol. The summed E-state index contributed by atoms with van der Waals surface area (Å²) < 4.78 is 51.3. The third-order valence-electron chi connectivity index (χ3n) is 6.57. The van der Waals surface area contributed by atoms with Crippen molar-refractivity contribution in [2.45, 2.75) is 43.8 Å². The molecule has 0 bridgehead atoms. The van der Waals surface area contributed by atoms with E-state index in [0.29, 0.717) is 12.1 Å². The Kier molecular flexibility index (Phi) is 5.64. The monoisotopic (exact) mass is 486 g/mol. The van der Waals surface area contributed by atoms with E-state index in [2.05, 4.69) is 10.8 Å². The maximum Gasteiger partial charge on any atom is 0.235 e. The van der Waals surface area contributed by atoms with Crippen LogP contribution in [0.15, 0.2) is 36.4 Å². The number of carbonyl (C=O) groups is 1. The fourth-order valence-corrected chi connectivity index (χ4v) is 7.77. The van der Waals surface area contributed by atoms with Gasteiger partial charge in [-0.2, -0.15) is 0 Å². The Morgan fingerprint density at radius 1 is 1.06 bits per heavy atom. The molecule has 0 spiro atoms. The number of sulfonamides is 1. The van der Waals surface area contributed by atoms with Gasteiger partial charge in [-0.1, -0.05) is 24.3 Å². The second kappa shape index (κ2) is 8.36. The van der Waals surface area contributed by atoms with Crippen molar-refractivity contribution in [3.8, 4) is 11.1 Å². The van der Waals surface area contributed by atoms with Crippen molar-refractivity contribution in [3.63, 3.8) is 0 Å². The predicted molar refractivity (Wildman–Crippen MR) is 128 cm³/mol. The molecule has 9 heteroatoms. The van der Waals surface area contributed by atoms with Gasteiger partial charge in [-0.25, -0.2) is 16.8 Å². The van der Waals surface area contributed by atoms with Crippen LogP contribution in [-0.4, -0.2) is 44.4 Å². The summed E-state index contributed by atoms with van der Waals surface area (Å²) in [7, 11) is -6.80. The summed E-state index contributed by atoms with van der Waals surface area (Å²) >= 11 is 0. The summed E-state index contributed by atoms with van der Waals surface area (Å²) in [6.07, 6.45) is 7.38. The highest BCUT2D eigenvalue weighted by atomic mass is 32.2. The number of sulfone groups is 1. The minimum atomic E-state index is -3.67. The molecule has 2 fully saturated rings. The number of allylic oxidation sites excluding steroid dienone is 1. The number of hydrogen-bond acceptors (Lipinski definition) is 6. The fraction of sp³-hybridized carbons (Fsp3) is 0.417. The van der Waals surface area contributed by atoms with Crippen LogP contribution in [0, 0.1) is 5.92 Å². The Labute approximate surface area is 194 Å². The van der Waals surface area contributed by atoms with Crippen LogP contribution in [-0.2, 0) is 37.5 Å². The molecule has 1 N–H and O–H groups in total. The number of ketones is 1. The molecule has 1 saturated carbocycles. The van der Waals surface area contributed by atoms with Gasteiger partial charge in [0.1, 0.15) is 15.6 Å². The van der Waals surface area contributed by atoms with Crippen molar-refractivity contribution in [2.24, 2.45) is 5.92 Å². The zero-order valence-electron chi connectivity index (χ0n) is 18.2. The fourth-order valence-electron chi connectivity index (χ4n) is 4.50. The highest BCUT2D eigenvalue weighted by Crippen LogP contribution is 2.34. The van der Waals surface area contributed by atoms with Crippen LogP contribution < -0.4 is 4.72 Å². The largest absolute Gasteiger partial charge is 0.299 e. The molecule has 0 unspecified atom stereocenters. The number of pyridine rings is 1. The van der Waals surface area contributed by atoms with Crippen molar-refractivity contribution >= 4 is 37.4 Å². The molecule has 2 heterocycles. The second-order valence-electron chi connectivity index (χ2n) is 9.12. The van der Waals surface area contributed by atoms with Gasteiger partial charge < -0.3 is 0 Å². The number of benzene rings is 1. The third kappa shape index (κ3) is 4.89. The van der Waals surface area contributed by atoms with Gasteiger partial charge in [0.05, 0.1) is 22.4 Å². The summed E-state index contributed by atoms with van der Waals surface area (Å²) in [6, 6.07) is 9.12. The van der Waals surface area contributed by atoms with Crippen LogP contribution in [0.2, 0.25) is 0 Å². The number of carbonyl (C=O) groups excluding carboxylic acids is 1. The Balaban J connectivity index is 1.35. The number of anilines is 1. The zero-order valence-corrected chi connectivity index (χ0v) is 19.8. The molecule has 7 nitrogen and oxygen atoms in total. The number of nitrogens with zero attached hydrogens (tertiary/aromatic N) is 1. The summed E-state index contributed by atoms with van der Waals surface area (Å²) in [5.41, 5.74) is 5.13. The first-order chi connectivity index (χ1) is 15.7. The smallest absolute Gasteiger partial charge is 0.235 e. The van der Waals surface area contributed by atoms with Gasteiger partial charge >= 0.3 is 0 Å². The van der Waals surface area contributed by atoms with Crippen molar-refractivity contribution in [1.82, 2.24) is 4.98 Å². The summed E-state index contributed by atoms with van der Waals surface area (Å²) in [6.45, 7) is 0. The molecule has 1 aromatic carbocycles. The van der Waals surface area contributed by atoms with Crippen molar-refractivity contribution in [3.05, 3.63) is 53.4 Å². The molecule has 0 radical (unpaired) electrons. The van der Waals surface area contributed by atoms with E-state index in [1.165, 1.54) is 0 Å². The highest BCUT2D eigenvalue weighted by Gasteiger charge is 2.33. The standard InChI is InChI=1S/C24H26N2O5S2/c27-24(17-4-5-17)15-19-14-22(21-2-1-3-23(21)25-19)16-6-8-18(9-7-16)26-33(30,31)20-10-12-32(28,29)13-11-20/h1-2,6-9,14,17,20,26H,3-5,10-13,15H2. The van der Waals surface area contributed by atoms with E-state index >= 15 is 0 Å². The molecular weight excluding hydrogens is 460 g/mol. The van der Waals surface area contributed by atoms with E-state index in [-0.39, 0.29) is 36.0 Å². The van der Waals surface area contributed by atoms with E-state index in [9.17, 15) is 21.6 Å². The second-order valence-corrected chi connectivity index (χ2v) is 13.4. The van der Waals surface area contributed by atoms with Gasteiger partial charge in [0.2, 0.25) is 10.0 Å². The average Bonchev–Trinajstić information content (AvgIpc) is 3.51. The van der Waals surface area contributed by atoms with Crippen LogP contribution in [0.25, 0.3) is 17.2 Å². The lowest BCUT2D eigenvalue weighted by Gasteiger charge is -2.22. The van der Waals surface area contributed by atoms with Crippen LogP contribution in [0.1, 0.15) is 42.6 Å². The summed E-state index contributed by atoms with van der Waals surface area (Å²) in [5.74, 6) is 0.255. The first kappa shape index (κ1) is 22.3. The summed E-state index contributed by atoms with van der Waals surface area (Å²) in [5, 5.41) is -0.708. The lowest BCUT2D eigenvalue weighted by Crippen LogP contribution is -2.35. The molecule has 2 aliphatic carbocycles. The van der Waals surface area contributed by atoms with E-state index < -0.39 is 25.1 Å². The summed E-state index contributed by atoms with van der Waals surface area (Å²) in [4.78, 5) is 17.0. The maximum atomic E-state index is 12.7. The van der Waals surface area contributed by atoms with Crippen molar-refractivity contribution in [2.75, 3.05) is 16.2 Å². The minimum absolute atomic E-state index is 0.0935. The van der Waals surface area contributed by atoms with E-state index in [4.69, 9.17) is 4.98 Å². The van der Waals surface area contributed by atoms with Gasteiger partial charge in [-0.3, -0.25) is 14.5 Å². The van der Waals surface area contributed by atoms with Crippen LogP contribution in [0.4, 0.5) is 5.69 Å². The molecule has 5 rings (SSSR count). The molecule has 0 atom stereocenters. The molecule has 33 heavy (non-hydrogen) atoms. The van der Waals surface area contributed by atoms with Crippen molar-refractivity contribution < 1.29 is 21.6 Å². The van der Waals surface area contributed by atoms with E-state index in [1.807, 2.05) is 24.3 Å². The Morgan fingerprint density at radius 2 is 1.76 bits per heavy atom. The Morgan fingerprint density at radius 3 is 2.42 bits per heavy atom. The number of fused-ring (bicyclic) bond motifs is 1. The SMILES string of the molecule is O=C(Cc1cc(-c2ccc(NS(=O)(=O)C3CCS(=O)(=O)CC3)cc2)c2c(n1)CC=C2)C1CC1. The van der Waals surface area contributed by atoms with Gasteiger partial charge in [0, 0.05) is 35.7 Å². The maximum absolute atomic E-state index is 12.7. The molecule has 1 aliphatic heterocycles. The number of aromatic nitrogens is 1.